The third-order valence-electron chi connectivity index (χ3n) is 27.5. The van der Waals surface area contributed by atoms with Gasteiger partial charge in [0.1, 0.15) is 0 Å². The molecular weight excluding hydrogens is 1510 g/mol. The van der Waals surface area contributed by atoms with Crippen molar-refractivity contribution in [2.24, 2.45) is 0 Å². The van der Waals surface area contributed by atoms with Crippen LogP contribution in [0.15, 0.2) is 358 Å². The summed E-state index contributed by atoms with van der Waals surface area (Å²) in [6.07, 6.45) is 0.683. The fourth-order valence-corrected chi connectivity index (χ4v) is 22.3. The van der Waals surface area contributed by atoms with E-state index in [2.05, 4.69) is 444 Å². The van der Waals surface area contributed by atoms with Gasteiger partial charge in [-0.3, -0.25) is 0 Å². The number of benzene rings is 18. The number of nitrogens with zero attached hydrogens (tertiary/aromatic N) is 8. The predicted octanol–water partition coefficient (Wildman–Crippen LogP) is 31.9. The summed E-state index contributed by atoms with van der Waals surface area (Å²) in [5, 5.41) is 19.8. The molecule has 0 aliphatic carbocycles. The number of para-hydroxylation sites is 8. The second kappa shape index (κ2) is 26.2. The highest BCUT2D eigenvalue weighted by Crippen LogP contribution is 2.56. The van der Waals surface area contributed by atoms with Crippen molar-refractivity contribution >= 4 is 221 Å². The molecule has 0 aliphatic heterocycles. The Labute approximate surface area is 715 Å². The quantitative estimate of drug-likeness (QED) is 0.109. The molecule has 0 unspecified atom stereocenters. The number of fused-ring (bicyclic) bond motifs is 24. The normalized spacial score (nSPS) is 12.3. The van der Waals surface area contributed by atoms with Crippen molar-refractivity contribution in [2.75, 3.05) is 19.6 Å². The van der Waals surface area contributed by atoms with E-state index in [9.17, 15) is 0 Å². The van der Waals surface area contributed by atoms with Crippen LogP contribution >= 0.6 is 0 Å². The Bertz CT molecular complexity index is 8940. The van der Waals surface area contributed by atoms with Crippen LogP contribution in [0.3, 0.4) is 0 Å². The number of aromatic nitrogens is 4. The molecule has 0 amide bonds. The molecule has 8 heterocycles. The van der Waals surface area contributed by atoms with Gasteiger partial charge in [-0.1, -0.05) is 223 Å². The highest BCUT2D eigenvalue weighted by Gasteiger charge is 2.34. The second-order valence-corrected chi connectivity index (χ2v) is 34.7. The van der Waals surface area contributed by atoms with Crippen LogP contribution in [0.2, 0.25) is 0 Å². The molecule has 0 aliphatic rings. The standard InChI is InChI=1S/C116H82N8/c1-68-45-52-93(73(6)58-68)117(77-28-12-8-13-29-77)99-54-48-81-89-64-106-90(65-105(89)121-95-40-24-20-36-85(95)109(99)113(81)121)82-49-55-100(110-86-37-21-25-41-96(86)122(106)114(82)110)118(78-30-14-9-15-31-78)94-53-46-69(2)59-76(94)63-75-60-71(4)62-104(74(75)7)120(80-34-18-11-19-35-80)102-57-51-84-92-67-107-91(66-108(92)124-98-43-27-23-39-88(98)112(102)116(84)124)83-50-56-101(111-87-38-22-26-42-97(87)123(107)115(83)111)119(79-32-16-10-17-33-79)103-61-70(3)44-47-72(103)5/h8-62,64-67H,63H2,1-7H3. The Balaban J connectivity index is 0.628. The van der Waals surface area contributed by atoms with Gasteiger partial charge in [-0.25, -0.2) is 0 Å². The lowest BCUT2D eigenvalue weighted by atomic mass is 9.93. The van der Waals surface area contributed by atoms with Crippen LogP contribution in [0.25, 0.3) is 152 Å². The van der Waals surface area contributed by atoms with Crippen LogP contribution in [0, 0.1) is 48.5 Å². The summed E-state index contributed by atoms with van der Waals surface area (Å²) >= 11 is 0. The number of hydrogen-bond donors (Lipinski definition) is 0. The molecular formula is C116H82N8. The van der Waals surface area contributed by atoms with Crippen molar-refractivity contribution in [1.82, 2.24) is 17.6 Å². The first-order valence-corrected chi connectivity index (χ1v) is 43.3. The molecule has 8 heteroatoms. The van der Waals surface area contributed by atoms with Gasteiger partial charge in [0.15, 0.2) is 0 Å². The van der Waals surface area contributed by atoms with E-state index in [0.717, 1.165) is 56.9 Å². The summed E-state index contributed by atoms with van der Waals surface area (Å²) < 4.78 is 10.3. The highest BCUT2D eigenvalue weighted by molar-refractivity contribution is 6.35. The lowest BCUT2D eigenvalue weighted by molar-refractivity contribution is 1.11. The van der Waals surface area contributed by atoms with Gasteiger partial charge in [-0.05, 0) is 239 Å². The lowest BCUT2D eigenvalue weighted by Gasteiger charge is -2.31. The van der Waals surface area contributed by atoms with E-state index in [1.165, 1.54) is 214 Å². The molecule has 0 bridgehead atoms. The van der Waals surface area contributed by atoms with E-state index < -0.39 is 0 Å². The van der Waals surface area contributed by atoms with E-state index in [4.69, 9.17) is 0 Å². The Morgan fingerprint density at radius 2 is 0.476 bits per heavy atom. The maximum atomic E-state index is 2.58. The molecule has 124 heavy (non-hydrogen) atoms. The zero-order valence-electron chi connectivity index (χ0n) is 69.8. The summed E-state index contributed by atoms with van der Waals surface area (Å²) in [7, 11) is 0. The first-order valence-electron chi connectivity index (χ1n) is 43.3. The number of aryl methyl sites for hydroxylation is 6. The minimum Gasteiger partial charge on any atom is -0.310 e. The Hall–Kier alpha value is -15.6. The van der Waals surface area contributed by atoms with Crippen LogP contribution in [0.1, 0.15) is 50.1 Å². The maximum Gasteiger partial charge on any atom is 0.0641 e. The van der Waals surface area contributed by atoms with Crippen LogP contribution in [0.4, 0.5) is 68.2 Å². The van der Waals surface area contributed by atoms with E-state index in [-0.39, 0.29) is 0 Å². The van der Waals surface area contributed by atoms with Crippen LogP contribution in [-0.4, -0.2) is 17.6 Å². The Kier molecular flexibility index (Phi) is 14.8. The molecule has 26 rings (SSSR count). The summed E-state index contributed by atoms with van der Waals surface area (Å²) in [4.78, 5) is 10.1. The zero-order valence-corrected chi connectivity index (χ0v) is 69.8. The lowest BCUT2D eigenvalue weighted by Crippen LogP contribution is -2.15. The minimum atomic E-state index is 0.683. The smallest absolute Gasteiger partial charge is 0.0641 e. The molecule has 18 aromatic carbocycles. The highest BCUT2D eigenvalue weighted by atomic mass is 15.2. The molecule has 0 N–H and O–H groups in total. The molecule has 8 aromatic heterocycles. The monoisotopic (exact) mass is 1590 g/mol. The molecule has 0 saturated heterocycles. The molecule has 0 spiro atoms. The van der Waals surface area contributed by atoms with Crippen molar-refractivity contribution in [1.29, 1.82) is 0 Å². The summed E-state index contributed by atoms with van der Waals surface area (Å²) in [5.74, 6) is 0. The first kappa shape index (κ1) is 70.2. The topological polar surface area (TPSA) is 30.6 Å². The average Bonchev–Trinajstić information content (AvgIpc) is 1.51. The van der Waals surface area contributed by atoms with Crippen molar-refractivity contribution in [3.8, 4) is 0 Å². The van der Waals surface area contributed by atoms with Gasteiger partial charge in [-0.2, -0.15) is 0 Å². The fraction of sp³-hybridized carbons (Fsp3) is 0.0690. The van der Waals surface area contributed by atoms with Gasteiger partial charge in [-0.15, -0.1) is 0 Å². The number of hydrogen-bond acceptors (Lipinski definition) is 4. The molecule has 586 valence electrons. The summed E-state index contributed by atoms with van der Waals surface area (Å²) in [5.41, 5.74) is 39.3. The molecule has 0 fully saturated rings. The van der Waals surface area contributed by atoms with Gasteiger partial charge >= 0.3 is 0 Å². The van der Waals surface area contributed by atoms with Crippen LogP contribution in [-0.2, 0) is 6.42 Å². The first-order chi connectivity index (χ1) is 61.0. The van der Waals surface area contributed by atoms with E-state index in [1.54, 1.807) is 0 Å². The minimum absolute atomic E-state index is 0.683. The largest absolute Gasteiger partial charge is 0.310 e. The predicted molar refractivity (Wildman–Crippen MR) is 526 cm³/mol. The average molecular weight is 1590 g/mol. The summed E-state index contributed by atoms with van der Waals surface area (Å²) in [6, 6.07) is 135. The fourth-order valence-electron chi connectivity index (χ4n) is 22.3. The second-order valence-electron chi connectivity index (χ2n) is 34.7. The molecule has 0 atom stereocenters. The third kappa shape index (κ3) is 9.79. The van der Waals surface area contributed by atoms with Crippen molar-refractivity contribution < 1.29 is 0 Å². The summed E-state index contributed by atoms with van der Waals surface area (Å²) in [6.45, 7) is 15.8. The van der Waals surface area contributed by atoms with E-state index in [0.29, 0.717) is 6.42 Å². The number of rotatable bonds is 14. The van der Waals surface area contributed by atoms with Crippen molar-refractivity contribution in [2.45, 2.75) is 54.9 Å². The van der Waals surface area contributed by atoms with Gasteiger partial charge in [0.25, 0.3) is 0 Å². The van der Waals surface area contributed by atoms with Crippen molar-refractivity contribution in [3.63, 3.8) is 0 Å². The van der Waals surface area contributed by atoms with Crippen molar-refractivity contribution in [3.05, 3.63) is 408 Å². The Morgan fingerprint density at radius 3 is 0.855 bits per heavy atom. The van der Waals surface area contributed by atoms with Crippen LogP contribution < -0.4 is 19.6 Å². The molecule has 0 saturated carbocycles. The van der Waals surface area contributed by atoms with E-state index >= 15 is 0 Å². The molecule has 0 radical (unpaired) electrons. The van der Waals surface area contributed by atoms with Crippen LogP contribution in [0.5, 0.6) is 0 Å². The maximum absolute atomic E-state index is 2.58. The van der Waals surface area contributed by atoms with Gasteiger partial charge < -0.3 is 37.2 Å². The molecule has 8 nitrogen and oxygen atoms in total. The van der Waals surface area contributed by atoms with Gasteiger partial charge in [0.05, 0.1) is 88.9 Å². The Morgan fingerprint density at radius 1 is 0.185 bits per heavy atom. The SMILES string of the molecule is Cc1ccc(N(c2ccccc2)c2ccc3c4cc5c(cc4n4c6ccccc6c2c34)c2ccc(N(c3ccccc3)c3ccc(C)cc3Cc3cc(C)cc(N(c4ccccc4)c4ccc6c7cc8c(cc7n7c9ccccc9c4c67)c4ccc(N(c6ccccc6)c6cc(C)ccc6C)c6c7ccccc7n8c46)c3C)c3c4ccccc4n5c23)c(C)c1. The van der Waals surface area contributed by atoms with Gasteiger partial charge in [0, 0.05) is 132 Å². The van der Waals surface area contributed by atoms with Gasteiger partial charge in [0.2, 0.25) is 0 Å². The number of anilines is 12. The zero-order chi connectivity index (χ0) is 82.3. The third-order valence-corrected chi connectivity index (χ3v) is 27.5. The van der Waals surface area contributed by atoms with E-state index in [1.807, 2.05) is 0 Å². The molecule has 26 aromatic rings.